The highest BCUT2D eigenvalue weighted by Crippen LogP contribution is 2.22. The molecule has 2 aromatic heterocycles. The Morgan fingerprint density at radius 2 is 2.24 bits per heavy atom. The number of sulfonamides is 1. The summed E-state index contributed by atoms with van der Waals surface area (Å²) in [5.41, 5.74) is 1.85. The summed E-state index contributed by atoms with van der Waals surface area (Å²) in [5.74, 6) is 0. The number of rotatable bonds is 7. The monoisotopic (exact) mass is 310 g/mol. The lowest BCUT2D eigenvalue weighted by Gasteiger charge is -2.07. The third kappa shape index (κ3) is 3.34. The van der Waals surface area contributed by atoms with Crippen molar-refractivity contribution in [2.24, 2.45) is 0 Å². The van der Waals surface area contributed by atoms with E-state index in [1.165, 1.54) is 12.5 Å². The van der Waals surface area contributed by atoms with E-state index in [2.05, 4.69) is 20.2 Å². The first-order valence-electron chi connectivity index (χ1n) is 6.84. The summed E-state index contributed by atoms with van der Waals surface area (Å²) < 4.78 is 32.4. The number of nitrogens with zero attached hydrogens (tertiary/aromatic N) is 1. The first-order valence-corrected chi connectivity index (χ1v) is 8.32. The number of nitrogens with one attached hydrogen (secondary N) is 3. The average molecular weight is 310 g/mol. The molecule has 7 nitrogen and oxygen atoms in total. The molecule has 2 heterocycles. The third-order valence-corrected chi connectivity index (χ3v) is 5.02. The fraction of sp³-hybridized carbons (Fsp3) is 0.462. The molecule has 3 N–H and O–H groups in total. The lowest BCUT2D eigenvalue weighted by Crippen LogP contribution is -2.26. The molecule has 0 unspecified atom stereocenters. The molecule has 1 aliphatic rings. The quantitative estimate of drug-likeness (QED) is 0.709. The molecule has 0 atom stereocenters. The van der Waals surface area contributed by atoms with Crippen LogP contribution in [-0.4, -0.2) is 24.7 Å². The van der Waals surface area contributed by atoms with E-state index in [0.717, 1.165) is 18.4 Å². The van der Waals surface area contributed by atoms with Crippen molar-refractivity contribution in [3.8, 4) is 0 Å². The first kappa shape index (κ1) is 14.3. The minimum absolute atomic E-state index is 0.193. The van der Waals surface area contributed by atoms with Gasteiger partial charge in [-0.2, -0.15) is 5.10 Å². The van der Waals surface area contributed by atoms with Gasteiger partial charge in [-0.3, -0.25) is 5.10 Å². The second kappa shape index (κ2) is 5.63. The molecule has 1 saturated carbocycles. The second-order valence-corrected chi connectivity index (χ2v) is 6.94. The zero-order valence-electron chi connectivity index (χ0n) is 11.7. The van der Waals surface area contributed by atoms with E-state index in [4.69, 9.17) is 4.42 Å². The fourth-order valence-corrected chi connectivity index (χ4v) is 3.50. The van der Waals surface area contributed by atoms with E-state index in [9.17, 15) is 8.42 Å². The average Bonchev–Trinajstić information content (AvgIpc) is 2.97. The Balaban J connectivity index is 1.75. The van der Waals surface area contributed by atoms with Crippen molar-refractivity contribution >= 4 is 10.0 Å². The smallest absolute Gasteiger partial charge is 0.244 e. The van der Waals surface area contributed by atoms with Gasteiger partial charge in [0.15, 0.2) is 0 Å². The molecule has 0 saturated heterocycles. The SMILES string of the molecule is Cc1[nH]nc(CNC2CC2)c1S(=O)(=O)NCc1ccoc1. The number of hydrogen-bond donors (Lipinski definition) is 3. The zero-order chi connectivity index (χ0) is 14.9. The summed E-state index contributed by atoms with van der Waals surface area (Å²) >= 11 is 0. The van der Waals surface area contributed by atoms with Crippen LogP contribution in [0.15, 0.2) is 27.9 Å². The van der Waals surface area contributed by atoms with Crippen molar-refractivity contribution in [3.63, 3.8) is 0 Å². The van der Waals surface area contributed by atoms with E-state index in [1.54, 1.807) is 13.0 Å². The van der Waals surface area contributed by atoms with Crippen molar-refractivity contribution < 1.29 is 12.8 Å². The molecule has 0 aromatic carbocycles. The number of hydrogen-bond acceptors (Lipinski definition) is 5. The van der Waals surface area contributed by atoms with Crippen LogP contribution in [-0.2, 0) is 23.1 Å². The van der Waals surface area contributed by atoms with E-state index >= 15 is 0 Å². The lowest BCUT2D eigenvalue weighted by atomic mass is 10.3. The van der Waals surface area contributed by atoms with Gasteiger partial charge in [-0.05, 0) is 25.8 Å². The van der Waals surface area contributed by atoms with Gasteiger partial charge < -0.3 is 9.73 Å². The normalized spacial score (nSPS) is 15.5. The molecule has 0 radical (unpaired) electrons. The van der Waals surface area contributed by atoms with Crippen LogP contribution in [0.25, 0.3) is 0 Å². The maximum absolute atomic E-state index is 12.5. The highest BCUT2D eigenvalue weighted by Gasteiger charge is 2.26. The number of furan rings is 1. The van der Waals surface area contributed by atoms with Gasteiger partial charge >= 0.3 is 0 Å². The molecule has 0 spiro atoms. The summed E-state index contributed by atoms with van der Waals surface area (Å²) in [6.07, 6.45) is 5.31. The van der Waals surface area contributed by atoms with Gasteiger partial charge in [0.05, 0.1) is 23.9 Å². The molecule has 21 heavy (non-hydrogen) atoms. The number of aromatic nitrogens is 2. The minimum atomic E-state index is -3.61. The second-order valence-electron chi connectivity index (χ2n) is 5.24. The molecular weight excluding hydrogens is 292 g/mol. The van der Waals surface area contributed by atoms with Crippen LogP contribution in [0.1, 0.15) is 29.8 Å². The molecule has 2 aromatic rings. The van der Waals surface area contributed by atoms with Crippen molar-refractivity contribution in [2.75, 3.05) is 0 Å². The number of aryl methyl sites for hydroxylation is 1. The zero-order valence-corrected chi connectivity index (χ0v) is 12.5. The Hall–Kier alpha value is -1.64. The third-order valence-electron chi connectivity index (χ3n) is 3.41. The summed E-state index contributed by atoms with van der Waals surface area (Å²) in [5, 5.41) is 10.1. The van der Waals surface area contributed by atoms with Crippen LogP contribution < -0.4 is 10.0 Å². The van der Waals surface area contributed by atoms with Crippen LogP contribution >= 0.6 is 0 Å². The van der Waals surface area contributed by atoms with Gasteiger partial charge in [0.1, 0.15) is 4.90 Å². The largest absolute Gasteiger partial charge is 0.472 e. The van der Waals surface area contributed by atoms with Crippen LogP contribution in [0.2, 0.25) is 0 Å². The van der Waals surface area contributed by atoms with Gasteiger partial charge in [-0.1, -0.05) is 0 Å². The maximum Gasteiger partial charge on any atom is 0.244 e. The molecule has 0 amide bonds. The molecule has 1 aliphatic carbocycles. The molecule has 3 rings (SSSR count). The van der Waals surface area contributed by atoms with Gasteiger partial charge in [0.2, 0.25) is 10.0 Å². The minimum Gasteiger partial charge on any atom is -0.472 e. The van der Waals surface area contributed by atoms with Crippen LogP contribution in [0.3, 0.4) is 0 Å². The van der Waals surface area contributed by atoms with E-state index in [1.807, 2.05) is 0 Å². The molecule has 114 valence electrons. The van der Waals surface area contributed by atoms with Crippen LogP contribution in [0, 0.1) is 6.92 Å². The summed E-state index contributed by atoms with van der Waals surface area (Å²) in [7, 11) is -3.61. The summed E-state index contributed by atoms with van der Waals surface area (Å²) in [4.78, 5) is 0.235. The summed E-state index contributed by atoms with van der Waals surface area (Å²) in [6.45, 7) is 2.36. The first-order chi connectivity index (χ1) is 10.1. The molecule has 0 bridgehead atoms. The highest BCUT2D eigenvalue weighted by molar-refractivity contribution is 7.89. The predicted octanol–water partition coefficient (Wildman–Crippen LogP) is 1.04. The molecule has 8 heteroatoms. The van der Waals surface area contributed by atoms with Crippen molar-refractivity contribution in [3.05, 3.63) is 35.5 Å². The van der Waals surface area contributed by atoms with E-state index < -0.39 is 10.0 Å². The lowest BCUT2D eigenvalue weighted by molar-refractivity contribution is 0.560. The van der Waals surface area contributed by atoms with Gasteiger partial charge in [-0.15, -0.1) is 0 Å². The van der Waals surface area contributed by atoms with Crippen LogP contribution in [0.5, 0.6) is 0 Å². The maximum atomic E-state index is 12.5. The Kier molecular flexibility index (Phi) is 3.83. The Bertz CT molecular complexity index is 702. The molecular formula is C13H18N4O3S. The Morgan fingerprint density at radius 3 is 2.90 bits per heavy atom. The van der Waals surface area contributed by atoms with Gasteiger partial charge in [0, 0.05) is 24.7 Å². The fourth-order valence-electron chi connectivity index (χ4n) is 2.12. The Labute approximate surface area is 123 Å². The number of aromatic amines is 1. The molecule has 0 aliphatic heterocycles. The van der Waals surface area contributed by atoms with Gasteiger partial charge in [0.25, 0.3) is 0 Å². The highest BCUT2D eigenvalue weighted by atomic mass is 32.2. The van der Waals surface area contributed by atoms with Crippen molar-refractivity contribution in [2.45, 2.75) is 43.8 Å². The van der Waals surface area contributed by atoms with Gasteiger partial charge in [-0.25, -0.2) is 13.1 Å². The predicted molar refractivity (Wildman–Crippen MR) is 75.9 cm³/mol. The van der Waals surface area contributed by atoms with Crippen LogP contribution in [0.4, 0.5) is 0 Å². The van der Waals surface area contributed by atoms with Crippen molar-refractivity contribution in [1.82, 2.24) is 20.2 Å². The van der Waals surface area contributed by atoms with E-state index in [0.29, 0.717) is 24.0 Å². The molecule has 1 fully saturated rings. The Morgan fingerprint density at radius 1 is 1.43 bits per heavy atom. The van der Waals surface area contributed by atoms with E-state index in [-0.39, 0.29) is 11.4 Å². The van der Waals surface area contributed by atoms with Crippen molar-refractivity contribution in [1.29, 1.82) is 0 Å². The standard InChI is InChI=1S/C13H18N4O3S/c1-9-13(12(17-16-9)7-14-11-2-3-11)21(18,19)15-6-10-4-5-20-8-10/h4-5,8,11,14-15H,2-3,6-7H2,1H3,(H,16,17). The number of H-pyrrole nitrogens is 1. The summed E-state index contributed by atoms with van der Waals surface area (Å²) in [6, 6.07) is 2.22. The topological polar surface area (TPSA) is 100 Å².